The highest BCUT2D eigenvalue weighted by Crippen LogP contribution is 2.20. The van der Waals surface area contributed by atoms with E-state index in [0.717, 1.165) is 5.76 Å². The molecule has 0 aliphatic rings. The van der Waals surface area contributed by atoms with E-state index in [2.05, 4.69) is 0 Å². The van der Waals surface area contributed by atoms with E-state index in [4.69, 9.17) is 14.9 Å². The van der Waals surface area contributed by atoms with Crippen LogP contribution in [-0.2, 0) is 0 Å². The minimum atomic E-state index is -0.372. The van der Waals surface area contributed by atoms with Crippen molar-refractivity contribution in [3.63, 3.8) is 0 Å². The molecular formula is C13H14FNO2. The van der Waals surface area contributed by atoms with Gasteiger partial charge in [0.2, 0.25) is 0 Å². The lowest BCUT2D eigenvalue weighted by Gasteiger charge is -2.13. The predicted molar refractivity (Wildman–Crippen MR) is 62.4 cm³/mol. The van der Waals surface area contributed by atoms with Crippen molar-refractivity contribution in [3.8, 4) is 5.75 Å². The molecule has 0 spiro atoms. The van der Waals surface area contributed by atoms with Crippen LogP contribution in [0.4, 0.5) is 4.39 Å². The smallest absolute Gasteiger partial charge is 0.165 e. The number of hydrogen-bond acceptors (Lipinski definition) is 3. The molecule has 0 saturated carbocycles. The van der Waals surface area contributed by atoms with Crippen LogP contribution in [0.15, 0.2) is 47.1 Å². The molecule has 3 nitrogen and oxygen atoms in total. The first-order valence-corrected chi connectivity index (χ1v) is 5.42. The number of furan rings is 1. The molecular weight excluding hydrogens is 221 g/mol. The van der Waals surface area contributed by atoms with Gasteiger partial charge in [-0.3, -0.25) is 0 Å². The molecule has 0 saturated heterocycles. The Kier molecular flexibility index (Phi) is 3.77. The number of halogens is 1. The van der Waals surface area contributed by atoms with Crippen LogP contribution in [0.1, 0.15) is 11.7 Å². The Morgan fingerprint density at radius 2 is 2.06 bits per heavy atom. The Hall–Kier alpha value is -1.81. The van der Waals surface area contributed by atoms with Gasteiger partial charge in [0.15, 0.2) is 11.6 Å². The lowest BCUT2D eigenvalue weighted by Crippen LogP contribution is -2.19. The first-order chi connectivity index (χ1) is 8.31. The SMILES string of the molecule is NCC(COc1ccccc1F)c1ccco1. The summed E-state index contributed by atoms with van der Waals surface area (Å²) in [5.74, 6) is 0.550. The average Bonchev–Trinajstić information content (AvgIpc) is 2.86. The fourth-order valence-electron chi connectivity index (χ4n) is 1.54. The maximum atomic E-state index is 13.3. The summed E-state index contributed by atoms with van der Waals surface area (Å²) in [4.78, 5) is 0. The van der Waals surface area contributed by atoms with Gasteiger partial charge in [0.05, 0.1) is 18.8 Å². The van der Waals surface area contributed by atoms with Gasteiger partial charge < -0.3 is 14.9 Å². The molecule has 0 amide bonds. The Balaban J connectivity index is 2.00. The summed E-state index contributed by atoms with van der Waals surface area (Å²) >= 11 is 0. The molecule has 1 heterocycles. The molecule has 0 aliphatic carbocycles. The molecule has 4 heteroatoms. The standard InChI is InChI=1S/C13H14FNO2/c14-11-4-1-2-5-13(11)17-9-10(8-15)12-6-3-7-16-12/h1-7,10H,8-9,15H2. The van der Waals surface area contributed by atoms with Crippen molar-refractivity contribution < 1.29 is 13.5 Å². The van der Waals surface area contributed by atoms with Crippen LogP contribution in [0.25, 0.3) is 0 Å². The molecule has 0 bridgehead atoms. The molecule has 1 aromatic heterocycles. The van der Waals surface area contributed by atoms with Gasteiger partial charge in [0.25, 0.3) is 0 Å². The molecule has 90 valence electrons. The van der Waals surface area contributed by atoms with Crippen LogP contribution in [0.3, 0.4) is 0 Å². The minimum absolute atomic E-state index is 0.0652. The Bertz CT molecular complexity index is 456. The maximum absolute atomic E-state index is 13.3. The summed E-state index contributed by atoms with van der Waals surface area (Å²) in [6.45, 7) is 0.687. The first kappa shape index (κ1) is 11.7. The Labute approximate surface area is 99.0 Å². The van der Waals surface area contributed by atoms with Crippen molar-refractivity contribution in [2.75, 3.05) is 13.2 Å². The molecule has 2 N–H and O–H groups in total. The Morgan fingerprint density at radius 3 is 2.71 bits per heavy atom. The zero-order valence-electron chi connectivity index (χ0n) is 9.30. The number of rotatable bonds is 5. The lowest BCUT2D eigenvalue weighted by atomic mass is 10.1. The third-order valence-electron chi connectivity index (χ3n) is 2.51. The largest absolute Gasteiger partial charge is 0.490 e. The van der Waals surface area contributed by atoms with Gasteiger partial charge in [-0.15, -0.1) is 0 Å². The summed E-state index contributed by atoms with van der Waals surface area (Å²) in [6, 6.07) is 9.92. The summed E-state index contributed by atoms with van der Waals surface area (Å²) in [7, 11) is 0. The van der Waals surface area contributed by atoms with Crippen LogP contribution in [-0.4, -0.2) is 13.2 Å². The van der Waals surface area contributed by atoms with Gasteiger partial charge in [-0.2, -0.15) is 0 Å². The normalized spacial score (nSPS) is 12.4. The second-order valence-corrected chi connectivity index (χ2v) is 3.69. The van der Waals surface area contributed by atoms with Gasteiger partial charge in [-0.05, 0) is 24.3 Å². The van der Waals surface area contributed by atoms with E-state index in [9.17, 15) is 4.39 Å². The van der Waals surface area contributed by atoms with E-state index in [1.54, 1.807) is 30.5 Å². The van der Waals surface area contributed by atoms with E-state index in [1.807, 2.05) is 6.07 Å². The predicted octanol–water partition coefficient (Wildman–Crippen LogP) is 2.54. The van der Waals surface area contributed by atoms with Crippen LogP contribution in [0.2, 0.25) is 0 Å². The van der Waals surface area contributed by atoms with Crippen molar-refractivity contribution >= 4 is 0 Å². The molecule has 2 aromatic rings. The second-order valence-electron chi connectivity index (χ2n) is 3.69. The van der Waals surface area contributed by atoms with Crippen LogP contribution in [0.5, 0.6) is 5.75 Å². The van der Waals surface area contributed by atoms with E-state index in [-0.39, 0.29) is 17.5 Å². The van der Waals surface area contributed by atoms with Crippen LogP contribution in [0, 0.1) is 5.82 Å². The van der Waals surface area contributed by atoms with Crippen molar-refractivity contribution in [1.29, 1.82) is 0 Å². The molecule has 0 radical (unpaired) electrons. The van der Waals surface area contributed by atoms with E-state index < -0.39 is 0 Å². The molecule has 17 heavy (non-hydrogen) atoms. The van der Waals surface area contributed by atoms with Crippen LogP contribution >= 0.6 is 0 Å². The molecule has 2 rings (SSSR count). The van der Waals surface area contributed by atoms with E-state index in [0.29, 0.717) is 13.2 Å². The molecule has 0 aliphatic heterocycles. The number of ether oxygens (including phenoxy) is 1. The van der Waals surface area contributed by atoms with E-state index >= 15 is 0 Å². The van der Waals surface area contributed by atoms with Gasteiger partial charge in [-0.1, -0.05) is 12.1 Å². The van der Waals surface area contributed by atoms with Gasteiger partial charge in [0.1, 0.15) is 5.76 Å². The average molecular weight is 235 g/mol. The summed E-state index contributed by atoms with van der Waals surface area (Å²) in [6.07, 6.45) is 1.58. The summed E-state index contributed by atoms with van der Waals surface area (Å²) < 4.78 is 24.0. The van der Waals surface area contributed by atoms with Gasteiger partial charge >= 0.3 is 0 Å². The second kappa shape index (κ2) is 5.50. The number of nitrogens with two attached hydrogens (primary N) is 1. The molecule has 0 fully saturated rings. The summed E-state index contributed by atoms with van der Waals surface area (Å²) in [5, 5.41) is 0. The number of benzene rings is 1. The van der Waals surface area contributed by atoms with Crippen molar-refractivity contribution in [2.24, 2.45) is 5.73 Å². The number of para-hydroxylation sites is 1. The quantitative estimate of drug-likeness (QED) is 0.866. The highest BCUT2D eigenvalue weighted by Gasteiger charge is 2.14. The minimum Gasteiger partial charge on any atom is -0.490 e. The fourth-order valence-corrected chi connectivity index (χ4v) is 1.54. The third kappa shape index (κ3) is 2.85. The maximum Gasteiger partial charge on any atom is 0.165 e. The van der Waals surface area contributed by atoms with Gasteiger partial charge in [-0.25, -0.2) is 4.39 Å². The van der Waals surface area contributed by atoms with Crippen molar-refractivity contribution in [2.45, 2.75) is 5.92 Å². The third-order valence-corrected chi connectivity index (χ3v) is 2.51. The zero-order valence-corrected chi connectivity index (χ0v) is 9.30. The zero-order chi connectivity index (χ0) is 12.1. The first-order valence-electron chi connectivity index (χ1n) is 5.42. The number of hydrogen-bond donors (Lipinski definition) is 1. The topological polar surface area (TPSA) is 48.4 Å². The molecule has 1 aromatic carbocycles. The van der Waals surface area contributed by atoms with Crippen molar-refractivity contribution in [3.05, 3.63) is 54.2 Å². The fraction of sp³-hybridized carbons (Fsp3) is 0.231. The van der Waals surface area contributed by atoms with Gasteiger partial charge in [0, 0.05) is 6.54 Å². The van der Waals surface area contributed by atoms with Crippen LogP contribution < -0.4 is 10.5 Å². The molecule has 1 atom stereocenters. The Morgan fingerprint density at radius 1 is 1.24 bits per heavy atom. The summed E-state index contributed by atoms with van der Waals surface area (Å²) in [5.41, 5.74) is 5.63. The molecule has 1 unspecified atom stereocenters. The van der Waals surface area contributed by atoms with Crippen molar-refractivity contribution in [1.82, 2.24) is 0 Å². The monoisotopic (exact) mass is 235 g/mol. The highest BCUT2D eigenvalue weighted by molar-refractivity contribution is 5.23. The van der Waals surface area contributed by atoms with E-state index in [1.165, 1.54) is 6.07 Å². The highest BCUT2D eigenvalue weighted by atomic mass is 19.1. The lowest BCUT2D eigenvalue weighted by molar-refractivity contribution is 0.261.